The van der Waals surface area contributed by atoms with E-state index in [2.05, 4.69) is 20.7 Å². The van der Waals surface area contributed by atoms with E-state index in [-0.39, 0.29) is 0 Å². The zero-order valence-corrected chi connectivity index (χ0v) is 10.4. The Hall–Kier alpha value is -0.460. The van der Waals surface area contributed by atoms with Gasteiger partial charge in [0, 0.05) is 0 Å². The smallest absolute Gasteiger partial charge is 0.375 e. The highest BCUT2D eigenvalue weighted by molar-refractivity contribution is 9.10. The molecule has 0 saturated carbocycles. The molecule has 15 heavy (non-hydrogen) atoms. The van der Waals surface area contributed by atoms with E-state index in [4.69, 9.17) is 9.47 Å². The lowest BCUT2D eigenvalue weighted by atomic mass is 10.3. The molecule has 88 valence electrons. The minimum atomic E-state index is -0.806. The summed E-state index contributed by atoms with van der Waals surface area (Å²) in [5, 5.41) is 0. The number of rotatable bonds is 2. The highest BCUT2D eigenvalue weighted by Crippen LogP contribution is 1.99. The van der Waals surface area contributed by atoms with Crippen LogP contribution in [0.5, 0.6) is 0 Å². The van der Waals surface area contributed by atoms with Gasteiger partial charge in [-0.05, 0) is 6.92 Å². The lowest BCUT2D eigenvalue weighted by Crippen LogP contribution is -2.22. The second kappa shape index (κ2) is 8.82. The van der Waals surface area contributed by atoms with Crippen LogP contribution in [0, 0.1) is 0 Å². The van der Waals surface area contributed by atoms with Gasteiger partial charge in [0.15, 0.2) is 0 Å². The Morgan fingerprint density at radius 1 is 1.20 bits per heavy atom. The highest BCUT2D eigenvalue weighted by atomic mass is 79.9. The Morgan fingerprint density at radius 2 is 1.60 bits per heavy atom. The average Bonchev–Trinajstić information content (AvgIpc) is 2.30. The second-order valence-corrected chi connectivity index (χ2v) is 4.07. The summed E-state index contributed by atoms with van der Waals surface area (Å²) in [6.45, 7) is 4.68. The third-order valence-electron chi connectivity index (χ3n) is 1.49. The number of carbonyl (C=O) groups is 2. The Morgan fingerprint density at radius 3 is 1.73 bits per heavy atom. The molecule has 0 aliphatic carbocycles. The summed E-state index contributed by atoms with van der Waals surface area (Å²) in [5.41, 5.74) is 0. The summed E-state index contributed by atoms with van der Waals surface area (Å²) < 4.78 is 14.0. The van der Waals surface area contributed by atoms with Gasteiger partial charge in [-0.1, -0.05) is 15.9 Å². The van der Waals surface area contributed by atoms with E-state index in [1.807, 2.05) is 0 Å². The van der Waals surface area contributed by atoms with Gasteiger partial charge in [-0.3, -0.25) is 4.79 Å². The maximum absolute atomic E-state index is 10.6. The number of ether oxygens (including phenoxy) is 3. The van der Waals surface area contributed by atoms with Crippen molar-refractivity contribution in [3.05, 3.63) is 0 Å². The zero-order chi connectivity index (χ0) is 11.7. The number of Topliss-reactive ketones (excluding diaryl/α,β-unsaturated/α-hetero) is 1. The molecule has 1 heterocycles. The first-order valence-electron chi connectivity index (χ1n) is 4.51. The van der Waals surface area contributed by atoms with Crippen molar-refractivity contribution in [1.29, 1.82) is 0 Å². The summed E-state index contributed by atoms with van der Waals surface area (Å²) in [6.07, 6.45) is 0. The minimum absolute atomic E-state index is 0.454. The van der Waals surface area contributed by atoms with Gasteiger partial charge < -0.3 is 14.2 Å². The van der Waals surface area contributed by atoms with Crippen LogP contribution < -0.4 is 0 Å². The first-order chi connectivity index (χ1) is 7.09. The van der Waals surface area contributed by atoms with Gasteiger partial charge in [0.2, 0.25) is 0 Å². The van der Waals surface area contributed by atoms with Crippen molar-refractivity contribution in [2.75, 3.05) is 33.5 Å². The van der Waals surface area contributed by atoms with Crippen LogP contribution in [0.15, 0.2) is 0 Å². The first kappa shape index (κ1) is 14.5. The molecule has 0 aromatic carbocycles. The standard InChI is InChI=1S/C5H7BrO3.C4H8O2/c1-3(6)4(7)5(8)9-2;1-2-6-4-3-5-1/h3H,1-2H3;1-4H2. The van der Waals surface area contributed by atoms with Crippen molar-refractivity contribution in [1.82, 2.24) is 0 Å². The molecule has 1 unspecified atom stereocenters. The number of hydrogen-bond acceptors (Lipinski definition) is 5. The lowest BCUT2D eigenvalue weighted by Gasteiger charge is -2.09. The van der Waals surface area contributed by atoms with Crippen molar-refractivity contribution >= 4 is 27.7 Å². The monoisotopic (exact) mass is 282 g/mol. The molecule has 1 rings (SSSR count). The largest absolute Gasteiger partial charge is 0.463 e. The maximum Gasteiger partial charge on any atom is 0.375 e. The number of alkyl halides is 1. The van der Waals surface area contributed by atoms with Crippen LogP contribution in [0.25, 0.3) is 0 Å². The van der Waals surface area contributed by atoms with Crippen molar-refractivity contribution in [3.63, 3.8) is 0 Å². The second-order valence-electron chi connectivity index (χ2n) is 2.70. The SMILES string of the molecule is C1COCCO1.COC(=O)C(=O)C(C)Br. The van der Waals surface area contributed by atoms with Crippen LogP contribution in [-0.4, -0.2) is 50.1 Å². The van der Waals surface area contributed by atoms with Crippen LogP contribution in [0.3, 0.4) is 0 Å². The molecule has 0 bridgehead atoms. The quantitative estimate of drug-likeness (QED) is 0.420. The molecule has 0 aromatic heterocycles. The first-order valence-corrected chi connectivity index (χ1v) is 5.43. The van der Waals surface area contributed by atoms with Gasteiger partial charge in [-0.2, -0.15) is 0 Å². The van der Waals surface area contributed by atoms with Crippen molar-refractivity contribution in [2.45, 2.75) is 11.8 Å². The summed E-state index contributed by atoms with van der Waals surface area (Å²) in [6, 6.07) is 0. The van der Waals surface area contributed by atoms with Crippen molar-refractivity contribution in [3.8, 4) is 0 Å². The molecule has 1 fully saturated rings. The van der Waals surface area contributed by atoms with Crippen LogP contribution in [0.2, 0.25) is 0 Å². The van der Waals surface area contributed by atoms with E-state index >= 15 is 0 Å². The predicted molar refractivity (Wildman–Crippen MR) is 57.1 cm³/mol. The van der Waals surface area contributed by atoms with Crippen LogP contribution in [0.1, 0.15) is 6.92 Å². The molecule has 0 aromatic rings. The topological polar surface area (TPSA) is 61.8 Å². The van der Waals surface area contributed by atoms with Gasteiger partial charge in [0.05, 0.1) is 38.4 Å². The lowest BCUT2D eigenvalue weighted by molar-refractivity contribution is -0.151. The van der Waals surface area contributed by atoms with E-state index in [9.17, 15) is 9.59 Å². The van der Waals surface area contributed by atoms with Gasteiger partial charge in [-0.25, -0.2) is 4.79 Å². The average molecular weight is 283 g/mol. The van der Waals surface area contributed by atoms with E-state index in [0.717, 1.165) is 26.4 Å². The Balaban J connectivity index is 0.000000280. The van der Waals surface area contributed by atoms with Gasteiger partial charge in [0.1, 0.15) is 0 Å². The fourth-order valence-electron chi connectivity index (χ4n) is 0.703. The molecule has 1 saturated heterocycles. The fraction of sp³-hybridized carbons (Fsp3) is 0.778. The zero-order valence-electron chi connectivity index (χ0n) is 8.82. The molecule has 1 atom stereocenters. The molecule has 0 spiro atoms. The molecule has 0 radical (unpaired) electrons. The molecule has 6 heteroatoms. The fourth-order valence-corrected chi connectivity index (χ4v) is 0.890. The predicted octanol–water partition coefficient (Wildman–Crippen LogP) is 0.545. The molecule has 0 N–H and O–H groups in total. The maximum atomic E-state index is 10.6. The summed E-state index contributed by atoms with van der Waals surface area (Å²) in [4.78, 5) is 20.5. The van der Waals surface area contributed by atoms with Gasteiger partial charge in [0.25, 0.3) is 5.78 Å². The Bertz CT molecular complexity index is 189. The molecular formula is C9H15BrO5. The van der Waals surface area contributed by atoms with Gasteiger partial charge >= 0.3 is 5.97 Å². The Labute approximate surface area is 97.2 Å². The summed E-state index contributed by atoms with van der Waals surface area (Å²) in [5.74, 6) is -1.36. The molecule has 5 nitrogen and oxygen atoms in total. The van der Waals surface area contributed by atoms with E-state index in [1.165, 1.54) is 7.11 Å². The van der Waals surface area contributed by atoms with Crippen molar-refractivity contribution < 1.29 is 23.8 Å². The number of esters is 1. The van der Waals surface area contributed by atoms with Crippen LogP contribution in [-0.2, 0) is 23.8 Å². The van der Waals surface area contributed by atoms with E-state index in [1.54, 1.807) is 6.92 Å². The third-order valence-corrected chi connectivity index (χ3v) is 1.91. The van der Waals surface area contributed by atoms with Crippen LogP contribution in [0.4, 0.5) is 0 Å². The number of halogens is 1. The minimum Gasteiger partial charge on any atom is -0.463 e. The van der Waals surface area contributed by atoms with Crippen LogP contribution >= 0.6 is 15.9 Å². The summed E-state index contributed by atoms with van der Waals surface area (Å²) in [7, 11) is 1.18. The summed E-state index contributed by atoms with van der Waals surface area (Å²) >= 11 is 2.93. The normalized spacial score (nSPS) is 17.0. The molecule has 1 aliphatic heterocycles. The Kier molecular flexibility index (Phi) is 8.55. The molecular weight excluding hydrogens is 268 g/mol. The number of ketones is 1. The highest BCUT2D eigenvalue weighted by Gasteiger charge is 2.18. The van der Waals surface area contributed by atoms with Crippen molar-refractivity contribution in [2.24, 2.45) is 0 Å². The number of carbonyl (C=O) groups excluding carboxylic acids is 2. The van der Waals surface area contributed by atoms with E-state index < -0.39 is 16.6 Å². The number of hydrogen-bond donors (Lipinski definition) is 0. The van der Waals surface area contributed by atoms with E-state index in [0.29, 0.717) is 0 Å². The molecule has 1 aliphatic rings. The number of methoxy groups -OCH3 is 1. The van der Waals surface area contributed by atoms with Gasteiger partial charge in [-0.15, -0.1) is 0 Å². The third kappa shape index (κ3) is 7.47. The molecule has 0 amide bonds.